The summed E-state index contributed by atoms with van der Waals surface area (Å²) in [6.45, 7) is 9.16. The highest BCUT2D eigenvalue weighted by atomic mass is 79.9. The number of para-hydroxylation sites is 1. The van der Waals surface area contributed by atoms with Gasteiger partial charge in [0, 0.05) is 90.2 Å². The Hall–Kier alpha value is -5.23. The second-order valence-corrected chi connectivity index (χ2v) is 21.1. The Balaban J connectivity index is 0.00000624. The summed E-state index contributed by atoms with van der Waals surface area (Å²) in [4.78, 5) is 80.9. The smallest absolute Gasteiger partial charge is 0.344 e. The number of H-pyrrole nitrogens is 1. The van der Waals surface area contributed by atoms with Crippen LogP contribution in [-0.2, 0) is 60.2 Å². The van der Waals surface area contributed by atoms with Crippen LogP contribution in [0.15, 0.2) is 60.2 Å². The van der Waals surface area contributed by atoms with Crippen molar-refractivity contribution in [3.63, 3.8) is 0 Å². The van der Waals surface area contributed by atoms with Gasteiger partial charge in [0.15, 0.2) is 12.6 Å². The molecule has 3 aromatic rings. The number of methoxy groups -OCH3 is 4. The van der Waals surface area contributed by atoms with Crippen molar-refractivity contribution in [2.45, 2.75) is 106 Å². The van der Waals surface area contributed by atoms with Gasteiger partial charge < -0.3 is 65.0 Å². The van der Waals surface area contributed by atoms with Crippen LogP contribution in [0.3, 0.4) is 0 Å². The van der Waals surface area contributed by atoms with Crippen molar-refractivity contribution in [3.05, 3.63) is 82.6 Å². The zero-order chi connectivity index (χ0) is 49.7. The van der Waals surface area contributed by atoms with E-state index in [-0.39, 0.29) is 47.8 Å². The third-order valence-electron chi connectivity index (χ3n) is 18.0. The number of hydrogen-bond acceptors (Lipinski definition) is 13. The Morgan fingerprint density at radius 2 is 1.72 bits per heavy atom. The van der Waals surface area contributed by atoms with Crippen molar-refractivity contribution in [2.75, 3.05) is 86.2 Å². The maximum absolute atomic E-state index is 15.7. The van der Waals surface area contributed by atoms with Crippen LogP contribution in [-0.4, -0.2) is 165 Å². The van der Waals surface area contributed by atoms with Gasteiger partial charge in [-0.2, -0.15) is 0 Å². The van der Waals surface area contributed by atoms with E-state index in [1.807, 2.05) is 55.3 Å². The molecule has 2 aromatic carbocycles. The van der Waals surface area contributed by atoms with Crippen LogP contribution in [0.1, 0.15) is 81.7 Å². The number of halogens is 1. The van der Waals surface area contributed by atoms with E-state index in [2.05, 4.69) is 35.0 Å². The summed E-state index contributed by atoms with van der Waals surface area (Å²) in [5.74, 6) is -2.30. The minimum Gasteiger partial charge on any atom is -1.00 e. The molecule has 7 heterocycles. The predicted octanol–water partition coefficient (Wildman–Crippen LogP) is 1.48. The normalized spacial score (nSPS) is 33.5. The predicted molar refractivity (Wildman–Crippen MR) is 259 cm³/mol. The van der Waals surface area contributed by atoms with E-state index in [1.54, 1.807) is 12.0 Å². The second-order valence-electron chi connectivity index (χ2n) is 21.1. The van der Waals surface area contributed by atoms with Crippen molar-refractivity contribution < 1.29 is 74.2 Å². The Morgan fingerprint density at radius 1 is 0.958 bits per heavy atom. The monoisotopic (exact) mass is 1040 g/mol. The number of aromatic amines is 1. The molecular weight excluding hydrogens is 975 g/mol. The van der Waals surface area contributed by atoms with E-state index in [0.717, 1.165) is 34.9 Å². The number of aromatic nitrogens is 1. The SMILES string of the molecule is CCC1=C[C@@H]2C[C@](C(=O)OC)(c3cc4c(cc3OC)N(C)[C@H]3[C@@](O)(C(=O)OC)[C@H](OC(C)=O)[C@]5(CC)C=CCN6CC[C@]43[C@@H]65)c3[nH]c4ccccc4c3CC[N+](CC(=O)N3CCC[C@H]3C(=O)OC)(C1)C2.[Br-]. The van der Waals surface area contributed by atoms with Crippen LogP contribution in [0.4, 0.5) is 5.69 Å². The van der Waals surface area contributed by atoms with Gasteiger partial charge in [-0.1, -0.05) is 50.3 Å². The molecule has 1 aliphatic carbocycles. The molecule has 1 saturated carbocycles. The van der Waals surface area contributed by atoms with E-state index in [9.17, 15) is 24.3 Å². The molecular formula is C54H68BrN5O11. The standard InChI is InChI=1S/C54H68N5O11.BrH/c1-9-33-25-34-28-53(49(63)68-7,44-36(35-15-11-12-16-39(35)55-44)18-24-59(29-33,30-34)31-43(61)58-22-13-17-40(58)45(62)67-6)38-26-37-41(27-42(38)66-5)56(4)47-52(37)20-23-57-21-14-19-51(10-2,46(52)57)48(70-32(3)60)54(47,65)50(64)69-8;/h11-12,14-16,19,25-27,34,40,46-48,55,65H,9-10,13,17-18,20-24,28-31H2,1-8H3;1H/q+1;/p-1/t34-,40+,46+,47-,48-,51-,52-,53+,54+,59?;/m1./s1. The molecule has 0 radical (unpaired) electrons. The fraction of sp³-hybridized carbons (Fsp3) is 0.574. The number of fused-ring (bicyclic) bond motifs is 6. The Morgan fingerprint density at radius 3 is 2.41 bits per heavy atom. The fourth-order valence-electron chi connectivity index (χ4n) is 15.4. The number of esters is 4. The van der Waals surface area contributed by atoms with Gasteiger partial charge in [-0.25, -0.2) is 9.59 Å². The highest BCUT2D eigenvalue weighted by Gasteiger charge is 2.80. The molecule has 6 aliphatic heterocycles. The number of amides is 1. The van der Waals surface area contributed by atoms with Crippen molar-refractivity contribution in [2.24, 2.45) is 11.3 Å². The zero-order valence-corrected chi connectivity index (χ0v) is 43.8. The summed E-state index contributed by atoms with van der Waals surface area (Å²) in [5.41, 5.74) is -0.0517. The first-order chi connectivity index (χ1) is 33.6. The molecule has 16 nitrogen and oxygen atoms in total. The molecule has 382 valence electrons. The van der Waals surface area contributed by atoms with Crippen molar-refractivity contribution in [3.8, 4) is 5.75 Å². The molecule has 2 bridgehead atoms. The molecule has 1 amide bonds. The molecule has 3 fully saturated rings. The van der Waals surface area contributed by atoms with E-state index in [4.69, 9.17) is 23.7 Å². The lowest BCUT2D eigenvalue weighted by molar-refractivity contribution is -0.921. The summed E-state index contributed by atoms with van der Waals surface area (Å²) >= 11 is 0. The van der Waals surface area contributed by atoms with E-state index in [0.29, 0.717) is 92.1 Å². The summed E-state index contributed by atoms with van der Waals surface area (Å²) in [6, 6.07) is 10.2. The molecule has 2 N–H and O–H groups in total. The van der Waals surface area contributed by atoms with Gasteiger partial charge in [-0.05, 0) is 73.9 Å². The van der Waals surface area contributed by atoms with Gasteiger partial charge in [0.1, 0.15) is 23.8 Å². The molecule has 7 aliphatic rings. The van der Waals surface area contributed by atoms with Gasteiger partial charge in [0.25, 0.3) is 5.91 Å². The van der Waals surface area contributed by atoms with E-state index in [1.165, 1.54) is 33.8 Å². The summed E-state index contributed by atoms with van der Waals surface area (Å²) in [5, 5.41) is 14.4. The molecule has 1 spiro atoms. The number of rotatable bonds is 10. The maximum Gasteiger partial charge on any atom is 0.344 e. The number of carbonyl (C=O) groups is 5. The number of nitrogens with one attached hydrogen (secondary N) is 1. The van der Waals surface area contributed by atoms with Crippen molar-refractivity contribution in [1.29, 1.82) is 0 Å². The third-order valence-corrected chi connectivity index (χ3v) is 18.0. The number of quaternary nitrogens is 1. The molecule has 10 atom stereocenters. The van der Waals surface area contributed by atoms with Crippen LogP contribution in [0.2, 0.25) is 0 Å². The quantitative estimate of drug-likeness (QED) is 0.129. The lowest BCUT2D eigenvalue weighted by atomic mass is 9.47. The molecule has 2 saturated heterocycles. The molecule has 71 heavy (non-hydrogen) atoms. The molecule has 10 rings (SSSR count). The van der Waals surface area contributed by atoms with Gasteiger partial charge >= 0.3 is 23.9 Å². The summed E-state index contributed by atoms with van der Waals surface area (Å²) in [6.07, 6.45) is 8.86. The second kappa shape index (κ2) is 18.4. The molecule has 17 heteroatoms. The number of carbonyl (C=O) groups excluding carboxylic acids is 5. The minimum atomic E-state index is -2.34. The van der Waals surface area contributed by atoms with Crippen LogP contribution in [0.5, 0.6) is 5.75 Å². The average Bonchev–Trinajstić information content (AvgIpc) is 4.16. The van der Waals surface area contributed by atoms with E-state index >= 15 is 4.79 Å². The highest BCUT2D eigenvalue weighted by Crippen LogP contribution is 2.68. The first kappa shape index (κ1) is 50.7. The highest BCUT2D eigenvalue weighted by molar-refractivity contribution is 5.95. The summed E-state index contributed by atoms with van der Waals surface area (Å²) in [7, 11) is 7.49. The van der Waals surface area contributed by atoms with Crippen molar-refractivity contribution in [1.82, 2.24) is 14.8 Å². The van der Waals surface area contributed by atoms with Crippen LogP contribution in [0, 0.1) is 11.3 Å². The lowest BCUT2D eigenvalue weighted by Gasteiger charge is -2.63. The molecule has 1 aromatic heterocycles. The zero-order valence-electron chi connectivity index (χ0n) is 42.2. The number of likely N-dealkylation sites (tertiary alicyclic amines) is 1. The number of anilines is 1. The largest absolute Gasteiger partial charge is 1.00 e. The number of hydrogen-bond donors (Lipinski definition) is 2. The first-order valence-corrected chi connectivity index (χ1v) is 25.0. The number of ether oxygens (including phenoxy) is 5. The number of likely N-dealkylation sites (N-methyl/N-ethyl adjacent to an activating group) is 1. The first-order valence-electron chi connectivity index (χ1n) is 25.0. The summed E-state index contributed by atoms with van der Waals surface area (Å²) < 4.78 is 29.9. The Bertz CT molecular complexity index is 2740. The Kier molecular flexibility index (Phi) is 13.1. The Labute approximate surface area is 425 Å². The molecule has 1 unspecified atom stereocenters. The number of nitrogens with zero attached hydrogens (tertiary/aromatic N) is 4. The lowest BCUT2D eigenvalue weighted by Crippen LogP contribution is -3.00. The fourth-order valence-corrected chi connectivity index (χ4v) is 15.4. The van der Waals surface area contributed by atoms with Gasteiger partial charge in [0.2, 0.25) is 5.60 Å². The number of benzene rings is 2. The van der Waals surface area contributed by atoms with Crippen LogP contribution >= 0.6 is 0 Å². The average molecular weight is 1040 g/mol. The van der Waals surface area contributed by atoms with E-state index < -0.39 is 63.9 Å². The maximum atomic E-state index is 15.7. The van der Waals surface area contributed by atoms with Crippen LogP contribution in [0.25, 0.3) is 10.9 Å². The minimum absolute atomic E-state index is 0. The van der Waals surface area contributed by atoms with Crippen LogP contribution < -0.4 is 26.6 Å². The van der Waals surface area contributed by atoms with Gasteiger partial charge in [-0.3, -0.25) is 19.3 Å². The van der Waals surface area contributed by atoms with Crippen molar-refractivity contribution >= 4 is 46.4 Å². The van der Waals surface area contributed by atoms with Gasteiger partial charge in [-0.15, -0.1) is 0 Å². The topological polar surface area (TPSA) is 177 Å². The third kappa shape index (κ3) is 7.09. The van der Waals surface area contributed by atoms with Gasteiger partial charge in [0.05, 0.1) is 47.6 Å². The number of aliphatic hydroxyl groups is 1.